The van der Waals surface area contributed by atoms with Gasteiger partial charge < -0.3 is 4.74 Å². The monoisotopic (exact) mass is 337 g/mol. The highest BCUT2D eigenvalue weighted by molar-refractivity contribution is 5.72. The molecule has 2 aliphatic carbocycles. The zero-order valence-electron chi connectivity index (χ0n) is 15.0. The summed E-state index contributed by atoms with van der Waals surface area (Å²) >= 11 is 0. The molecule has 0 bridgehead atoms. The lowest BCUT2D eigenvalue weighted by atomic mass is 9.79. The first kappa shape index (κ1) is 19.2. The van der Waals surface area contributed by atoms with Gasteiger partial charge in [0.05, 0.1) is 12.0 Å². The fourth-order valence-corrected chi connectivity index (χ4v) is 4.13. The van der Waals surface area contributed by atoms with Gasteiger partial charge in [0.25, 0.3) is 0 Å². The van der Waals surface area contributed by atoms with Gasteiger partial charge in [0.1, 0.15) is 12.3 Å². The fraction of sp³-hybridized carbons (Fsp3) is 0.900. The third-order valence-corrected chi connectivity index (χ3v) is 5.81. The molecule has 0 aromatic heterocycles. The lowest BCUT2D eigenvalue weighted by Crippen LogP contribution is -2.36. The number of hydrogen-bond donors (Lipinski definition) is 0. The fourth-order valence-electron chi connectivity index (χ4n) is 4.13. The first-order valence-corrected chi connectivity index (χ1v) is 9.88. The second kappa shape index (κ2) is 10.0. The van der Waals surface area contributed by atoms with E-state index in [1.165, 1.54) is 32.1 Å². The number of carbonyl (C=O) groups is 1. The van der Waals surface area contributed by atoms with Crippen molar-refractivity contribution in [3.05, 3.63) is 0 Å². The van der Waals surface area contributed by atoms with Crippen molar-refractivity contribution in [2.75, 3.05) is 0 Å². The van der Waals surface area contributed by atoms with Crippen LogP contribution in [0.2, 0.25) is 0 Å². The number of ether oxygens (including phenoxy) is 1. The maximum absolute atomic E-state index is 14.0. The zero-order valence-corrected chi connectivity index (χ0v) is 15.0. The molecule has 4 heteroatoms. The van der Waals surface area contributed by atoms with Crippen LogP contribution in [-0.2, 0) is 9.53 Å². The molecule has 2 fully saturated rings. The van der Waals surface area contributed by atoms with E-state index in [9.17, 15) is 9.18 Å². The van der Waals surface area contributed by atoms with Crippen LogP contribution in [0.3, 0.4) is 0 Å². The summed E-state index contributed by atoms with van der Waals surface area (Å²) in [5.41, 5.74) is 0. The molecule has 24 heavy (non-hydrogen) atoms. The number of esters is 1. The summed E-state index contributed by atoms with van der Waals surface area (Å²) in [5, 5.41) is 8.87. The Morgan fingerprint density at radius 1 is 1.12 bits per heavy atom. The molecule has 0 spiro atoms. The molecule has 136 valence electrons. The molecule has 0 amide bonds. The van der Waals surface area contributed by atoms with Crippen LogP contribution in [0.25, 0.3) is 0 Å². The maximum Gasteiger partial charge on any atom is 0.309 e. The summed E-state index contributed by atoms with van der Waals surface area (Å²) in [4.78, 5) is 12.3. The molecule has 0 N–H and O–H groups in total. The Balaban J connectivity index is 1.67. The minimum atomic E-state index is -1.18. The Labute approximate surface area is 145 Å². The van der Waals surface area contributed by atoms with Crippen LogP contribution in [0.1, 0.15) is 84.0 Å². The molecule has 0 aromatic rings. The van der Waals surface area contributed by atoms with E-state index in [0.29, 0.717) is 12.8 Å². The molecule has 0 aromatic carbocycles. The van der Waals surface area contributed by atoms with E-state index in [1.807, 2.05) is 0 Å². The van der Waals surface area contributed by atoms with E-state index in [-0.39, 0.29) is 24.2 Å². The van der Waals surface area contributed by atoms with E-state index >= 15 is 0 Å². The number of halogens is 1. The number of alkyl halides is 1. The van der Waals surface area contributed by atoms with Gasteiger partial charge in [-0.15, -0.1) is 0 Å². The van der Waals surface area contributed by atoms with E-state index in [0.717, 1.165) is 31.6 Å². The number of unbranched alkanes of at least 4 members (excludes halogenated alkanes) is 3. The molecule has 2 aliphatic rings. The lowest BCUT2D eigenvalue weighted by Gasteiger charge is -2.32. The molecular weight excluding hydrogens is 305 g/mol. The summed E-state index contributed by atoms with van der Waals surface area (Å²) in [6.07, 6.45) is 10.0. The Hall–Kier alpha value is -1.11. The van der Waals surface area contributed by atoms with Gasteiger partial charge in [-0.05, 0) is 50.9 Å². The molecule has 3 unspecified atom stereocenters. The number of hydrogen-bond acceptors (Lipinski definition) is 3. The molecule has 2 rings (SSSR count). The van der Waals surface area contributed by atoms with Gasteiger partial charge in [-0.3, -0.25) is 4.79 Å². The van der Waals surface area contributed by atoms with Gasteiger partial charge in [-0.1, -0.05) is 39.0 Å². The van der Waals surface area contributed by atoms with Crippen LogP contribution in [0, 0.1) is 29.1 Å². The molecule has 0 saturated heterocycles. The second-order valence-corrected chi connectivity index (χ2v) is 7.70. The molecule has 3 nitrogen and oxygen atoms in total. The van der Waals surface area contributed by atoms with Crippen molar-refractivity contribution in [3.8, 4) is 6.07 Å². The predicted octanol–water partition coefficient (Wildman–Crippen LogP) is 5.34. The van der Waals surface area contributed by atoms with E-state index < -0.39 is 12.3 Å². The standard InChI is InChI=1S/C20H32FNO2/c1-2-3-4-5-6-15-7-10-17(11-8-15)20(23)24-19-12-9-16(14-22)13-18(19)21/h15-19H,2-13H2,1H3. The van der Waals surface area contributed by atoms with Crippen LogP contribution in [-0.4, -0.2) is 18.2 Å². The van der Waals surface area contributed by atoms with Crippen molar-refractivity contribution in [1.82, 2.24) is 0 Å². The molecule has 2 saturated carbocycles. The van der Waals surface area contributed by atoms with Gasteiger partial charge in [-0.25, -0.2) is 4.39 Å². The molecule has 3 atom stereocenters. The normalized spacial score (nSPS) is 33.6. The van der Waals surface area contributed by atoms with E-state index in [2.05, 4.69) is 13.0 Å². The summed E-state index contributed by atoms with van der Waals surface area (Å²) < 4.78 is 19.5. The maximum atomic E-state index is 14.0. The molecule has 0 radical (unpaired) electrons. The smallest absolute Gasteiger partial charge is 0.309 e. The first-order valence-electron chi connectivity index (χ1n) is 9.88. The average molecular weight is 337 g/mol. The minimum absolute atomic E-state index is 0.0437. The summed E-state index contributed by atoms with van der Waals surface area (Å²) in [5.74, 6) is 0.282. The van der Waals surface area contributed by atoms with Crippen molar-refractivity contribution in [3.63, 3.8) is 0 Å². The Bertz CT molecular complexity index is 426. The highest BCUT2D eigenvalue weighted by Crippen LogP contribution is 2.34. The van der Waals surface area contributed by atoms with E-state index in [1.54, 1.807) is 0 Å². The SMILES string of the molecule is CCCCCCC1CCC(C(=O)OC2CCC(C#N)CC2F)CC1. The highest BCUT2D eigenvalue weighted by Gasteiger charge is 2.35. The number of nitriles is 1. The lowest BCUT2D eigenvalue weighted by molar-refractivity contribution is -0.161. The van der Waals surface area contributed by atoms with Crippen LogP contribution in [0.5, 0.6) is 0 Å². The van der Waals surface area contributed by atoms with Gasteiger partial charge in [-0.2, -0.15) is 5.26 Å². The Morgan fingerprint density at radius 3 is 2.50 bits per heavy atom. The third kappa shape index (κ3) is 5.76. The second-order valence-electron chi connectivity index (χ2n) is 7.70. The van der Waals surface area contributed by atoms with Crippen LogP contribution in [0.15, 0.2) is 0 Å². The topological polar surface area (TPSA) is 50.1 Å². The van der Waals surface area contributed by atoms with Crippen molar-refractivity contribution in [1.29, 1.82) is 5.26 Å². The zero-order chi connectivity index (χ0) is 17.4. The van der Waals surface area contributed by atoms with Crippen molar-refractivity contribution in [2.24, 2.45) is 17.8 Å². The van der Waals surface area contributed by atoms with Crippen LogP contribution < -0.4 is 0 Å². The minimum Gasteiger partial charge on any atom is -0.459 e. The Kier molecular flexibility index (Phi) is 8.02. The van der Waals surface area contributed by atoms with E-state index in [4.69, 9.17) is 10.00 Å². The largest absolute Gasteiger partial charge is 0.459 e. The first-order chi connectivity index (χ1) is 11.6. The summed E-state index contributed by atoms with van der Waals surface area (Å²) in [6, 6.07) is 2.12. The molecular formula is C20H32FNO2. The van der Waals surface area contributed by atoms with Crippen molar-refractivity contribution >= 4 is 5.97 Å². The van der Waals surface area contributed by atoms with Gasteiger partial charge in [0.2, 0.25) is 0 Å². The van der Waals surface area contributed by atoms with Gasteiger partial charge >= 0.3 is 5.97 Å². The quantitative estimate of drug-likeness (QED) is 0.465. The predicted molar refractivity (Wildman–Crippen MR) is 91.9 cm³/mol. The highest BCUT2D eigenvalue weighted by atomic mass is 19.1. The average Bonchev–Trinajstić information content (AvgIpc) is 2.61. The summed E-state index contributed by atoms with van der Waals surface area (Å²) in [7, 11) is 0. The molecule has 0 heterocycles. The number of nitrogens with zero attached hydrogens (tertiary/aromatic N) is 1. The van der Waals surface area contributed by atoms with Gasteiger partial charge in [0.15, 0.2) is 0 Å². The Morgan fingerprint density at radius 2 is 1.88 bits per heavy atom. The van der Waals surface area contributed by atoms with Gasteiger partial charge in [0, 0.05) is 5.92 Å². The van der Waals surface area contributed by atoms with Crippen molar-refractivity contribution < 1.29 is 13.9 Å². The van der Waals surface area contributed by atoms with Crippen LogP contribution in [0.4, 0.5) is 4.39 Å². The van der Waals surface area contributed by atoms with Crippen LogP contribution >= 0.6 is 0 Å². The third-order valence-electron chi connectivity index (χ3n) is 5.81. The molecule has 0 aliphatic heterocycles. The van der Waals surface area contributed by atoms with Crippen molar-refractivity contribution in [2.45, 2.75) is 96.2 Å². The number of carbonyl (C=O) groups excluding carboxylic acids is 1. The number of rotatable bonds is 7. The summed E-state index contributed by atoms with van der Waals surface area (Å²) in [6.45, 7) is 2.23.